The molecule has 1 rings (SSSR count). The van der Waals surface area contributed by atoms with Crippen LogP contribution in [0.3, 0.4) is 0 Å². The second-order valence-electron chi connectivity index (χ2n) is 3.32. The molecule has 0 unspecified atom stereocenters. The molecule has 0 spiro atoms. The number of pyridine rings is 1. The highest BCUT2D eigenvalue weighted by Crippen LogP contribution is 2.11. The van der Waals surface area contributed by atoms with Crippen LogP contribution in [0.4, 0.5) is 0 Å². The zero-order valence-corrected chi connectivity index (χ0v) is 11.7. The number of thioether (sulfide) groups is 2. The van der Waals surface area contributed by atoms with Gasteiger partial charge in [-0.2, -0.15) is 11.8 Å². The number of rotatable bonds is 8. The molecule has 0 bridgehead atoms. The molecule has 0 amide bonds. The number of nitrogens with one attached hydrogen (secondary N) is 1. The van der Waals surface area contributed by atoms with Crippen LogP contribution in [0.15, 0.2) is 35.8 Å². The molecule has 0 atom stereocenters. The van der Waals surface area contributed by atoms with Crippen LogP contribution in [0, 0.1) is 10.1 Å². The van der Waals surface area contributed by atoms with Crippen LogP contribution in [-0.2, 0) is 5.75 Å². The first-order chi connectivity index (χ1) is 8.72. The van der Waals surface area contributed by atoms with Crippen molar-refractivity contribution in [1.82, 2.24) is 10.3 Å². The lowest BCUT2D eigenvalue weighted by Crippen LogP contribution is -2.15. The Hall–Kier alpha value is -1.21. The normalized spacial score (nSPS) is 11.3. The fourth-order valence-corrected chi connectivity index (χ4v) is 2.42. The lowest BCUT2D eigenvalue weighted by Gasteiger charge is -2.05. The third-order valence-electron chi connectivity index (χ3n) is 1.98. The van der Waals surface area contributed by atoms with Gasteiger partial charge in [-0.05, 0) is 17.9 Å². The summed E-state index contributed by atoms with van der Waals surface area (Å²) in [5, 5.41) is 13.9. The van der Waals surface area contributed by atoms with Crippen molar-refractivity contribution < 1.29 is 4.92 Å². The molecule has 0 saturated carbocycles. The SMILES string of the molecule is CS/C(=C/[N+](=O)[O-])NCCSCc1cccnc1. The van der Waals surface area contributed by atoms with Gasteiger partial charge in [0.05, 0.1) is 4.92 Å². The van der Waals surface area contributed by atoms with E-state index in [4.69, 9.17) is 0 Å². The molecule has 0 aliphatic heterocycles. The zero-order valence-electron chi connectivity index (χ0n) is 10.0. The minimum Gasteiger partial charge on any atom is -0.374 e. The van der Waals surface area contributed by atoms with Crippen LogP contribution < -0.4 is 5.32 Å². The Labute approximate surface area is 115 Å². The first-order valence-electron chi connectivity index (χ1n) is 5.32. The van der Waals surface area contributed by atoms with Gasteiger partial charge in [0, 0.05) is 30.4 Å². The van der Waals surface area contributed by atoms with E-state index >= 15 is 0 Å². The van der Waals surface area contributed by atoms with Crippen molar-refractivity contribution in [2.24, 2.45) is 0 Å². The molecule has 18 heavy (non-hydrogen) atoms. The average Bonchev–Trinajstić information content (AvgIpc) is 2.37. The van der Waals surface area contributed by atoms with E-state index < -0.39 is 4.92 Å². The smallest absolute Gasteiger partial charge is 0.263 e. The highest BCUT2D eigenvalue weighted by atomic mass is 32.2. The second-order valence-corrected chi connectivity index (χ2v) is 5.28. The fraction of sp³-hybridized carbons (Fsp3) is 0.364. The molecule has 7 heteroatoms. The molecule has 0 aromatic carbocycles. The van der Waals surface area contributed by atoms with Crippen molar-refractivity contribution in [3.05, 3.63) is 51.4 Å². The quantitative estimate of drug-likeness (QED) is 0.449. The number of nitro groups is 1. The van der Waals surface area contributed by atoms with Crippen molar-refractivity contribution in [3.8, 4) is 0 Å². The third-order valence-corrected chi connectivity index (χ3v) is 3.70. The van der Waals surface area contributed by atoms with Crippen molar-refractivity contribution in [2.45, 2.75) is 5.75 Å². The van der Waals surface area contributed by atoms with Gasteiger partial charge in [-0.15, -0.1) is 11.8 Å². The summed E-state index contributed by atoms with van der Waals surface area (Å²) >= 11 is 3.11. The molecule has 0 saturated heterocycles. The lowest BCUT2D eigenvalue weighted by molar-refractivity contribution is -0.403. The summed E-state index contributed by atoms with van der Waals surface area (Å²) in [6, 6.07) is 3.95. The average molecular weight is 285 g/mol. The summed E-state index contributed by atoms with van der Waals surface area (Å²) in [4.78, 5) is 13.9. The van der Waals surface area contributed by atoms with E-state index in [2.05, 4.69) is 10.3 Å². The Bertz CT molecular complexity index is 399. The second kappa shape index (κ2) is 8.82. The Kier molecular flexibility index (Phi) is 7.28. The summed E-state index contributed by atoms with van der Waals surface area (Å²) in [5.74, 6) is 1.80. The molecular formula is C11H15N3O2S2. The van der Waals surface area contributed by atoms with Crippen LogP contribution in [0.25, 0.3) is 0 Å². The molecule has 0 aliphatic carbocycles. The number of aromatic nitrogens is 1. The summed E-state index contributed by atoms with van der Waals surface area (Å²) in [6.45, 7) is 0.714. The lowest BCUT2D eigenvalue weighted by atomic mass is 10.3. The first kappa shape index (κ1) is 14.8. The number of hydrogen-bond acceptors (Lipinski definition) is 6. The van der Waals surface area contributed by atoms with E-state index in [9.17, 15) is 10.1 Å². The maximum absolute atomic E-state index is 10.3. The summed E-state index contributed by atoms with van der Waals surface area (Å²) in [5.41, 5.74) is 1.19. The van der Waals surface area contributed by atoms with Gasteiger partial charge in [-0.3, -0.25) is 15.1 Å². The molecule has 1 aromatic heterocycles. The van der Waals surface area contributed by atoms with Gasteiger partial charge in [-0.1, -0.05) is 6.07 Å². The van der Waals surface area contributed by atoms with Crippen molar-refractivity contribution in [2.75, 3.05) is 18.6 Å². The van der Waals surface area contributed by atoms with Crippen LogP contribution in [0.2, 0.25) is 0 Å². The maximum Gasteiger partial charge on any atom is 0.263 e. The standard InChI is InChI=1S/C11H15N3O2S2/c1-17-11(8-14(15)16)13-5-6-18-9-10-3-2-4-12-7-10/h2-4,7-8,13H,5-6,9H2,1H3/b11-8+. The highest BCUT2D eigenvalue weighted by Gasteiger charge is 2.00. The van der Waals surface area contributed by atoms with Crippen LogP contribution in [0.5, 0.6) is 0 Å². The number of hydrogen-bond donors (Lipinski definition) is 1. The molecule has 0 radical (unpaired) electrons. The van der Waals surface area contributed by atoms with Gasteiger partial charge in [-0.25, -0.2) is 0 Å². The molecule has 1 N–H and O–H groups in total. The van der Waals surface area contributed by atoms with Crippen molar-refractivity contribution >= 4 is 23.5 Å². The minimum absolute atomic E-state index is 0.443. The van der Waals surface area contributed by atoms with Crippen LogP contribution in [-0.4, -0.2) is 28.5 Å². The molecule has 1 heterocycles. The maximum atomic E-state index is 10.3. The van der Waals surface area contributed by atoms with E-state index in [0.717, 1.165) is 17.7 Å². The Balaban J connectivity index is 2.17. The van der Waals surface area contributed by atoms with E-state index in [1.165, 1.54) is 17.3 Å². The summed E-state index contributed by atoms with van der Waals surface area (Å²) in [6.07, 6.45) is 6.41. The molecule has 0 fully saturated rings. The van der Waals surface area contributed by atoms with Crippen molar-refractivity contribution in [3.63, 3.8) is 0 Å². The van der Waals surface area contributed by atoms with E-state index in [1.807, 2.05) is 24.6 Å². The van der Waals surface area contributed by atoms with Crippen molar-refractivity contribution in [1.29, 1.82) is 0 Å². The van der Waals surface area contributed by atoms with E-state index in [0.29, 0.717) is 11.6 Å². The van der Waals surface area contributed by atoms with Gasteiger partial charge < -0.3 is 5.32 Å². The van der Waals surface area contributed by atoms with Crippen LogP contribution in [0.1, 0.15) is 5.56 Å². The Morgan fingerprint density at radius 1 is 1.67 bits per heavy atom. The Morgan fingerprint density at radius 3 is 3.11 bits per heavy atom. The van der Waals surface area contributed by atoms with Gasteiger partial charge in [0.25, 0.3) is 6.20 Å². The number of nitrogens with zero attached hydrogens (tertiary/aromatic N) is 2. The minimum atomic E-state index is -0.443. The molecule has 5 nitrogen and oxygen atoms in total. The summed E-state index contributed by atoms with van der Waals surface area (Å²) < 4.78 is 0. The van der Waals surface area contributed by atoms with Crippen LogP contribution >= 0.6 is 23.5 Å². The molecule has 1 aromatic rings. The van der Waals surface area contributed by atoms with E-state index in [-0.39, 0.29) is 0 Å². The van der Waals surface area contributed by atoms with Gasteiger partial charge in [0.1, 0.15) is 5.03 Å². The molecule has 0 aliphatic rings. The monoisotopic (exact) mass is 285 g/mol. The van der Waals surface area contributed by atoms with Gasteiger partial charge >= 0.3 is 0 Å². The fourth-order valence-electron chi connectivity index (χ4n) is 1.19. The first-order valence-corrected chi connectivity index (χ1v) is 7.70. The topological polar surface area (TPSA) is 68.1 Å². The molecular weight excluding hydrogens is 270 g/mol. The predicted octanol–water partition coefficient (Wildman–Crippen LogP) is 2.34. The predicted molar refractivity (Wildman–Crippen MR) is 77.0 cm³/mol. The van der Waals surface area contributed by atoms with Gasteiger partial charge in [0.2, 0.25) is 0 Å². The molecule has 98 valence electrons. The Morgan fingerprint density at radius 2 is 2.50 bits per heavy atom. The third kappa shape index (κ3) is 6.51. The largest absolute Gasteiger partial charge is 0.374 e. The highest BCUT2D eigenvalue weighted by molar-refractivity contribution is 8.02. The summed E-state index contributed by atoms with van der Waals surface area (Å²) in [7, 11) is 0. The van der Waals surface area contributed by atoms with Gasteiger partial charge in [0.15, 0.2) is 0 Å². The zero-order chi connectivity index (χ0) is 13.2. The van der Waals surface area contributed by atoms with E-state index in [1.54, 1.807) is 18.0 Å².